The van der Waals surface area contributed by atoms with Crippen molar-refractivity contribution in [3.63, 3.8) is 0 Å². The lowest BCUT2D eigenvalue weighted by atomic mass is 10.1. The van der Waals surface area contributed by atoms with Crippen molar-refractivity contribution in [3.8, 4) is 22.8 Å². The van der Waals surface area contributed by atoms with Crippen LogP contribution in [0, 0.1) is 0 Å². The molecule has 0 saturated heterocycles. The highest BCUT2D eigenvalue weighted by molar-refractivity contribution is 5.99. The summed E-state index contributed by atoms with van der Waals surface area (Å²) < 4.78 is 39.0. The van der Waals surface area contributed by atoms with Crippen LogP contribution in [-0.2, 0) is 9.63 Å². The molecule has 4 N–H and O–H groups in total. The molecular weight excluding hydrogens is 490 g/mol. The van der Waals surface area contributed by atoms with E-state index in [-0.39, 0.29) is 29.3 Å². The molecule has 1 amide bonds. The molecule has 0 atom stereocenters. The van der Waals surface area contributed by atoms with Gasteiger partial charge in [0.1, 0.15) is 22.8 Å². The third-order valence-electron chi connectivity index (χ3n) is 5.08. The molecule has 2 aromatic carbocycles. The van der Waals surface area contributed by atoms with Crippen molar-refractivity contribution in [3.05, 3.63) is 77.6 Å². The first-order valence-electron chi connectivity index (χ1n) is 10.6. The van der Waals surface area contributed by atoms with Crippen LogP contribution in [0.4, 0.5) is 8.78 Å². The van der Waals surface area contributed by atoms with Crippen LogP contribution in [0.25, 0.3) is 16.9 Å². The molecule has 0 spiro atoms. The van der Waals surface area contributed by atoms with Crippen LogP contribution in [0.5, 0.6) is 11.5 Å². The molecule has 190 valence electrons. The lowest BCUT2D eigenvalue weighted by Gasteiger charge is -2.11. The summed E-state index contributed by atoms with van der Waals surface area (Å²) in [6, 6.07) is 14.0. The number of alkyl halides is 2. The van der Waals surface area contributed by atoms with E-state index in [4.69, 9.17) is 25.8 Å². The quantitative estimate of drug-likeness (QED) is 0.151. The number of benzene rings is 2. The Bertz CT molecular complexity index is 1490. The number of amidine groups is 1. The second-order valence-electron chi connectivity index (χ2n) is 7.50. The van der Waals surface area contributed by atoms with Gasteiger partial charge in [0.15, 0.2) is 18.1 Å². The summed E-state index contributed by atoms with van der Waals surface area (Å²) in [4.78, 5) is 32.9. The Morgan fingerprint density at radius 1 is 1.11 bits per heavy atom. The fraction of sp³-hybridized carbons (Fsp3) is 0.125. The summed E-state index contributed by atoms with van der Waals surface area (Å²) in [5.74, 6) is -1.02. The zero-order valence-corrected chi connectivity index (χ0v) is 19.3. The maximum atomic E-state index is 13.8. The average molecular weight is 510 g/mol. The summed E-state index contributed by atoms with van der Waals surface area (Å²) in [6.07, 6.45) is -1.86. The van der Waals surface area contributed by atoms with Crippen LogP contribution in [0.2, 0.25) is 0 Å². The number of oxime groups is 1. The summed E-state index contributed by atoms with van der Waals surface area (Å²) in [5.41, 5.74) is 11.1. The molecule has 0 fully saturated rings. The van der Waals surface area contributed by atoms with Gasteiger partial charge in [-0.3, -0.25) is 4.79 Å². The topological polar surface area (TPSA) is 156 Å². The number of methoxy groups -OCH3 is 1. The van der Waals surface area contributed by atoms with Gasteiger partial charge >= 0.3 is 5.97 Å². The minimum Gasteiger partial charge on any atom is -0.496 e. The van der Waals surface area contributed by atoms with Gasteiger partial charge in [-0.2, -0.15) is 5.10 Å². The normalized spacial score (nSPS) is 11.5. The molecule has 4 aromatic rings. The molecule has 0 unspecified atom stereocenters. The Hall–Kier alpha value is -5.07. The van der Waals surface area contributed by atoms with Gasteiger partial charge in [-0.15, -0.1) is 0 Å². The molecule has 2 heterocycles. The molecule has 2 aromatic heterocycles. The third-order valence-corrected chi connectivity index (χ3v) is 5.08. The van der Waals surface area contributed by atoms with E-state index in [1.54, 1.807) is 24.3 Å². The van der Waals surface area contributed by atoms with E-state index in [9.17, 15) is 18.4 Å². The van der Waals surface area contributed by atoms with Gasteiger partial charge in [0.05, 0.1) is 19.0 Å². The van der Waals surface area contributed by atoms with Crippen LogP contribution in [0.3, 0.4) is 0 Å². The summed E-state index contributed by atoms with van der Waals surface area (Å²) >= 11 is 0. The largest absolute Gasteiger partial charge is 0.496 e. The van der Waals surface area contributed by atoms with E-state index in [0.29, 0.717) is 22.6 Å². The first kappa shape index (κ1) is 25.0. The standard InChI is InChI=1S/C24H20F2N6O5/c1-35-19-5-3-2-4-15(19)17-10-18(21(25)26)32-23(30-17)16(11-29-32)24(34)37-31-22(28)13-6-8-14(9-7-13)36-12-20(27)33/h2-11,21H,12H2,1H3,(H2,27,33)(H2,28,31). The first-order valence-corrected chi connectivity index (χ1v) is 10.6. The van der Waals surface area contributed by atoms with E-state index >= 15 is 0 Å². The molecule has 37 heavy (non-hydrogen) atoms. The number of carbonyl (C=O) groups excluding carboxylic acids is 2. The highest BCUT2D eigenvalue weighted by Crippen LogP contribution is 2.32. The number of aromatic nitrogens is 3. The van der Waals surface area contributed by atoms with Crippen molar-refractivity contribution in [2.24, 2.45) is 16.6 Å². The van der Waals surface area contributed by atoms with E-state index in [1.807, 2.05) is 0 Å². The summed E-state index contributed by atoms with van der Waals surface area (Å²) in [7, 11) is 1.44. The molecule has 0 aliphatic carbocycles. The first-order chi connectivity index (χ1) is 17.8. The van der Waals surface area contributed by atoms with Crippen molar-refractivity contribution in [2.45, 2.75) is 6.43 Å². The Balaban J connectivity index is 1.62. The Labute approximate surface area is 208 Å². The van der Waals surface area contributed by atoms with Gasteiger partial charge in [-0.05, 0) is 42.5 Å². The van der Waals surface area contributed by atoms with Crippen LogP contribution in [0.15, 0.2) is 65.9 Å². The van der Waals surface area contributed by atoms with Crippen molar-refractivity contribution in [2.75, 3.05) is 13.7 Å². The van der Waals surface area contributed by atoms with Gasteiger partial charge in [0.2, 0.25) is 0 Å². The number of para-hydroxylation sites is 1. The van der Waals surface area contributed by atoms with Gasteiger partial charge in [-0.25, -0.2) is 23.1 Å². The van der Waals surface area contributed by atoms with Crippen molar-refractivity contribution >= 4 is 23.4 Å². The molecule has 0 saturated carbocycles. The number of hydrogen-bond acceptors (Lipinski definition) is 8. The Kier molecular flexibility index (Phi) is 7.23. The highest BCUT2D eigenvalue weighted by Gasteiger charge is 2.23. The lowest BCUT2D eigenvalue weighted by Crippen LogP contribution is -2.20. The molecule has 0 radical (unpaired) electrons. The fourth-order valence-corrected chi connectivity index (χ4v) is 3.35. The molecule has 0 bridgehead atoms. The molecular formula is C24H20F2N6O5. The van der Waals surface area contributed by atoms with Gasteiger partial charge in [-0.1, -0.05) is 17.3 Å². The zero-order valence-electron chi connectivity index (χ0n) is 19.3. The maximum Gasteiger partial charge on any atom is 0.371 e. The molecule has 0 aliphatic heterocycles. The summed E-state index contributed by atoms with van der Waals surface area (Å²) in [5, 5.41) is 7.50. The second-order valence-corrected chi connectivity index (χ2v) is 7.50. The van der Waals surface area contributed by atoms with E-state index in [0.717, 1.165) is 10.7 Å². The number of rotatable bonds is 9. The fourth-order valence-electron chi connectivity index (χ4n) is 3.35. The Morgan fingerprint density at radius 2 is 1.84 bits per heavy atom. The van der Waals surface area contributed by atoms with Crippen LogP contribution < -0.4 is 20.9 Å². The minimum absolute atomic E-state index is 0.149. The number of hydrogen-bond donors (Lipinski definition) is 2. The molecule has 0 aliphatic rings. The Morgan fingerprint density at radius 3 is 2.51 bits per heavy atom. The van der Waals surface area contributed by atoms with Crippen LogP contribution >= 0.6 is 0 Å². The lowest BCUT2D eigenvalue weighted by molar-refractivity contribution is -0.119. The second kappa shape index (κ2) is 10.7. The highest BCUT2D eigenvalue weighted by atomic mass is 19.3. The van der Waals surface area contributed by atoms with E-state index in [2.05, 4.69) is 15.2 Å². The van der Waals surface area contributed by atoms with Crippen molar-refractivity contribution in [1.29, 1.82) is 0 Å². The molecule has 11 nitrogen and oxygen atoms in total. The van der Waals surface area contributed by atoms with E-state index < -0.39 is 24.0 Å². The number of amides is 1. The monoisotopic (exact) mass is 510 g/mol. The number of nitrogens with two attached hydrogens (primary N) is 2. The minimum atomic E-state index is -2.91. The number of ether oxygens (including phenoxy) is 2. The predicted octanol–water partition coefficient (Wildman–Crippen LogP) is 2.68. The zero-order chi connectivity index (χ0) is 26.5. The number of halogens is 2. The van der Waals surface area contributed by atoms with E-state index in [1.165, 1.54) is 37.4 Å². The average Bonchev–Trinajstić information content (AvgIpc) is 3.34. The number of primary amides is 1. The van der Waals surface area contributed by atoms with Gasteiger partial charge < -0.3 is 25.8 Å². The molecule has 13 heteroatoms. The summed E-state index contributed by atoms with van der Waals surface area (Å²) in [6.45, 7) is -0.291. The molecule has 4 rings (SSSR count). The van der Waals surface area contributed by atoms with Crippen LogP contribution in [0.1, 0.15) is 28.0 Å². The SMILES string of the molecule is COc1ccccc1-c1cc(C(F)F)n2ncc(C(=O)O/N=C(\N)c3ccc(OCC(N)=O)cc3)c2n1. The maximum absolute atomic E-state index is 13.8. The van der Waals surface area contributed by atoms with Gasteiger partial charge in [0.25, 0.3) is 12.3 Å². The van der Waals surface area contributed by atoms with Crippen LogP contribution in [-0.4, -0.2) is 46.0 Å². The van der Waals surface area contributed by atoms with Crippen molar-refractivity contribution < 1.29 is 32.7 Å². The smallest absolute Gasteiger partial charge is 0.371 e. The van der Waals surface area contributed by atoms with Crippen molar-refractivity contribution in [1.82, 2.24) is 14.6 Å². The number of nitrogens with zero attached hydrogens (tertiary/aromatic N) is 4. The van der Waals surface area contributed by atoms with Gasteiger partial charge in [0, 0.05) is 11.1 Å². The third kappa shape index (κ3) is 5.45. The number of carbonyl (C=O) groups is 2. The number of fused-ring (bicyclic) bond motifs is 1. The predicted molar refractivity (Wildman–Crippen MR) is 127 cm³/mol.